The van der Waals surface area contributed by atoms with Gasteiger partial charge in [-0.25, -0.2) is 4.79 Å². The lowest BCUT2D eigenvalue weighted by atomic mass is 10.2. The van der Waals surface area contributed by atoms with Gasteiger partial charge in [0.2, 0.25) is 5.91 Å². The number of methoxy groups -OCH3 is 1. The van der Waals surface area contributed by atoms with Crippen LogP contribution < -0.4 is 10.6 Å². The highest BCUT2D eigenvalue weighted by Crippen LogP contribution is 2.04. The number of ether oxygens (including phenoxy) is 1. The molecule has 1 atom stereocenters. The van der Waals surface area contributed by atoms with Gasteiger partial charge in [-0.05, 0) is 6.92 Å². The molecule has 1 aromatic heterocycles. The average Bonchev–Trinajstić information content (AvgIpc) is 2.68. The van der Waals surface area contributed by atoms with E-state index in [0.717, 1.165) is 11.3 Å². The number of aryl methyl sites for hydroxylation is 1. The van der Waals surface area contributed by atoms with Gasteiger partial charge in [-0.3, -0.25) is 9.48 Å². The van der Waals surface area contributed by atoms with Gasteiger partial charge in [-0.1, -0.05) is 0 Å². The molecule has 0 radical (unpaired) electrons. The molecule has 0 bridgehead atoms. The van der Waals surface area contributed by atoms with Crippen LogP contribution in [0, 0.1) is 6.92 Å². The highest BCUT2D eigenvalue weighted by molar-refractivity contribution is 5.83. The molecule has 0 aromatic carbocycles. The molecule has 0 aliphatic carbocycles. The van der Waals surface area contributed by atoms with Crippen molar-refractivity contribution in [3.05, 3.63) is 17.5 Å². The molecule has 7 nitrogen and oxygen atoms in total. The number of aromatic nitrogens is 2. The summed E-state index contributed by atoms with van der Waals surface area (Å²) in [4.78, 5) is 22.5. The van der Waals surface area contributed by atoms with Crippen molar-refractivity contribution in [2.45, 2.75) is 26.4 Å². The number of hydrogen-bond acceptors (Lipinski definition) is 5. The first-order valence-electron chi connectivity index (χ1n) is 5.98. The summed E-state index contributed by atoms with van der Waals surface area (Å²) < 4.78 is 6.41. The molecular formula is C12H20N4O3. The molecule has 19 heavy (non-hydrogen) atoms. The minimum Gasteiger partial charge on any atom is -0.467 e. The maximum Gasteiger partial charge on any atom is 0.329 e. The van der Waals surface area contributed by atoms with E-state index in [1.165, 1.54) is 14.0 Å². The molecule has 1 heterocycles. The van der Waals surface area contributed by atoms with Crippen molar-refractivity contribution < 1.29 is 14.3 Å². The van der Waals surface area contributed by atoms with Gasteiger partial charge in [0.25, 0.3) is 0 Å². The number of esters is 1. The summed E-state index contributed by atoms with van der Waals surface area (Å²) in [7, 11) is 3.16. The molecule has 1 unspecified atom stereocenters. The van der Waals surface area contributed by atoms with E-state index in [-0.39, 0.29) is 5.91 Å². The van der Waals surface area contributed by atoms with Gasteiger partial charge in [-0.2, -0.15) is 5.10 Å². The molecule has 7 heteroatoms. The van der Waals surface area contributed by atoms with Gasteiger partial charge in [-0.15, -0.1) is 0 Å². The third-order valence-corrected chi connectivity index (χ3v) is 2.86. The van der Waals surface area contributed by atoms with Crippen LogP contribution in [0.25, 0.3) is 0 Å². The Morgan fingerprint density at radius 2 is 2.21 bits per heavy atom. The first-order valence-corrected chi connectivity index (χ1v) is 5.98. The molecule has 0 aliphatic heterocycles. The Balaban J connectivity index is 2.50. The molecule has 0 fully saturated rings. The molecule has 1 rings (SSSR count). The Bertz CT molecular complexity index is 456. The summed E-state index contributed by atoms with van der Waals surface area (Å²) >= 11 is 0. The monoisotopic (exact) mass is 268 g/mol. The summed E-state index contributed by atoms with van der Waals surface area (Å²) in [6, 6.07) is -0.681. The van der Waals surface area contributed by atoms with Crippen molar-refractivity contribution in [3.63, 3.8) is 0 Å². The van der Waals surface area contributed by atoms with Gasteiger partial charge in [0.1, 0.15) is 6.04 Å². The normalized spacial score (nSPS) is 12.0. The Hall–Kier alpha value is -1.89. The van der Waals surface area contributed by atoms with Gasteiger partial charge in [0, 0.05) is 38.3 Å². The summed E-state index contributed by atoms with van der Waals surface area (Å²) in [6.45, 7) is 4.21. The number of carbonyl (C=O) groups excluding carboxylic acids is 2. The zero-order valence-corrected chi connectivity index (χ0v) is 11.7. The molecular weight excluding hydrogens is 248 g/mol. The van der Waals surface area contributed by atoms with Crippen LogP contribution in [0.1, 0.15) is 18.2 Å². The largest absolute Gasteiger partial charge is 0.467 e. The van der Waals surface area contributed by atoms with Crippen LogP contribution >= 0.6 is 0 Å². The van der Waals surface area contributed by atoms with E-state index >= 15 is 0 Å². The van der Waals surface area contributed by atoms with Crippen molar-refractivity contribution in [2.24, 2.45) is 7.05 Å². The molecule has 0 saturated heterocycles. The van der Waals surface area contributed by atoms with Crippen molar-refractivity contribution in [3.8, 4) is 0 Å². The fourth-order valence-corrected chi connectivity index (χ4v) is 1.65. The standard InChI is InChI=1S/C12H20N4O3/c1-8-10(6-14-16(8)3)5-13-7-11(12(18)19-4)15-9(2)17/h6,11,13H,5,7H2,1-4H3,(H,15,17). The third kappa shape index (κ3) is 4.36. The highest BCUT2D eigenvalue weighted by atomic mass is 16.5. The predicted molar refractivity (Wildman–Crippen MR) is 69.3 cm³/mol. The summed E-state index contributed by atoms with van der Waals surface area (Å²) in [5.41, 5.74) is 2.11. The molecule has 1 aromatic rings. The number of hydrogen-bond donors (Lipinski definition) is 2. The molecule has 0 spiro atoms. The lowest BCUT2D eigenvalue weighted by Gasteiger charge is -2.16. The lowest BCUT2D eigenvalue weighted by molar-refractivity contribution is -0.144. The maximum absolute atomic E-state index is 11.5. The van der Waals surface area contributed by atoms with E-state index in [4.69, 9.17) is 0 Å². The summed E-state index contributed by atoms with van der Waals surface area (Å²) in [6.07, 6.45) is 1.77. The Morgan fingerprint density at radius 1 is 1.53 bits per heavy atom. The molecule has 0 aliphatic rings. The van der Waals surface area contributed by atoms with Crippen LogP contribution in [0.3, 0.4) is 0 Å². The average molecular weight is 268 g/mol. The number of rotatable bonds is 6. The van der Waals surface area contributed by atoms with E-state index in [1.807, 2.05) is 14.0 Å². The smallest absolute Gasteiger partial charge is 0.329 e. The first kappa shape index (κ1) is 15.2. The molecule has 2 N–H and O–H groups in total. The molecule has 106 valence electrons. The maximum atomic E-state index is 11.5. The van der Waals surface area contributed by atoms with E-state index < -0.39 is 12.0 Å². The van der Waals surface area contributed by atoms with Crippen LogP contribution in [-0.4, -0.2) is 41.4 Å². The Kier molecular flexibility index (Phi) is 5.50. The highest BCUT2D eigenvalue weighted by Gasteiger charge is 2.19. The molecule has 0 saturated carbocycles. The minimum absolute atomic E-state index is 0.269. The summed E-state index contributed by atoms with van der Waals surface area (Å²) in [5, 5.41) is 9.78. The van der Waals surface area contributed by atoms with E-state index in [9.17, 15) is 9.59 Å². The van der Waals surface area contributed by atoms with E-state index in [2.05, 4.69) is 20.5 Å². The second kappa shape index (κ2) is 6.89. The zero-order chi connectivity index (χ0) is 14.4. The van der Waals surface area contributed by atoms with Crippen LogP contribution in [0.15, 0.2) is 6.20 Å². The number of amides is 1. The fourth-order valence-electron chi connectivity index (χ4n) is 1.65. The number of nitrogens with one attached hydrogen (secondary N) is 2. The number of nitrogens with zero attached hydrogens (tertiary/aromatic N) is 2. The second-order valence-electron chi connectivity index (χ2n) is 4.29. The van der Waals surface area contributed by atoms with Gasteiger partial charge >= 0.3 is 5.97 Å². The van der Waals surface area contributed by atoms with Crippen LogP contribution in [0.5, 0.6) is 0 Å². The van der Waals surface area contributed by atoms with E-state index in [0.29, 0.717) is 13.1 Å². The van der Waals surface area contributed by atoms with Crippen LogP contribution in [0.4, 0.5) is 0 Å². The predicted octanol–water partition coefficient (Wildman–Crippen LogP) is -0.504. The topological polar surface area (TPSA) is 85.2 Å². The van der Waals surface area contributed by atoms with Crippen LogP contribution in [0.2, 0.25) is 0 Å². The Morgan fingerprint density at radius 3 is 2.68 bits per heavy atom. The number of carbonyl (C=O) groups is 2. The van der Waals surface area contributed by atoms with E-state index in [1.54, 1.807) is 10.9 Å². The van der Waals surface area contributed by atoms with Crippen LogP contribution in [-0.2, 0) is 27.9 Å². The third-order valence-electron chi connectivity index (χ3n) is 2.86. The van der Waals surface area contributed by atoms with Gasteiger partial charge in [0.15, 0.2) is 0 Å². The van der Waals surface area contributed by atoms with Crippen molar-refractivity contribution >= 4 is 11.9 Å². The fraction of sp³-hybridized carbons (Fsp3) is 0.583. The summed E-state index contributed by atoms with van der Waals surface area (Å²) in [5.74, 6) is -0.736. The van der Waals surface area contributed by atoms with Crippen molar-refractivity contribution in [1.29, 1.82) is 0 Å². The minimum atomic E-state index is -0.681. The van der Waals surface area contributed by atoms with Crippen molar-refractivity contribution in [2.75, 3.05) is 13.7 Å². The first-order chi connectivity index (χ1) is 8.95. The zero-order valence-electron chi connectivity index (χ0n) is 11.7. The Labute approximate surface area is 112 Å². The lowest BCUT2D eigenvalue weighted by Crippen LogP contribution is -2.46. The second-order valence-corrected chi connectivity index (χ2v) is 4.29. The SMILES string of the molecule is COC(=O)C(CNCc1cnn(C)c1C)NC(C)=O. The van der Waals surface area contributed by atoms with Gasteiger partial charge < -0.3 is 15.4 Å². The molecule has 1 amide bonds. The van der Waals surface area contributed by atoms with Gasteiger partial charge in [0.05, 0.1) is 13.3 Å². The quantitative estimate of drug-likeness (QED) is 0.679. The van der Waals surface area contributed by atoms with Crippen molar-refractivity contribution in [1.82, 2.24) is 20.4 Å².